The van der Waals surface area contributed by atoms with Gasteiger partial charge in [-0.2, -0.15) is 0 Å². The highest BCUT2D eigenvalue weighted by Crippen LogP contribution is 2.61. The normalized spacial score (nSPS) is 37.1. The predicted molar refractivity (Wildman–Crippen MR) is 88.7 cm³/mol. The van der Waals surface area contributed by atoms with Crippen LogP contribution in [0.4, 0.5) is 0 Å². The van der Waals surface area contributed by atoms with Crippen molar-refractivity contribution in [3.8, 4) is 0 Å². The van der Waals surface area contributed by atoms with Gasteiger partial charge in [-0.15, -0.1) is 0 Å². The van der Waals surface area contributed by atoms with E-state index in [1.54, 1.807) is 0 Å². The van der Waals surface area contributed by atoms with Crippen LogP contribution in [0.1, 0.15) is 61.4 Å². The van der Waals surface area contributed by atoms with E-state index in [0.29, 0.717) is 11.5 Å². The van der Waals surface area contributed by atoms with Gasteiger partial charge in [0.15, 0.2) is 0 Å². The molecule has 0 saturated heterocycles. The summed E-state index contributed by atoms with van der Waals surface area (Å²) < 4.78 is 0. The molecule has 0 aromatic heterocycles. The molecule has 1 N–H and O–H groups in total. The Morgan fingerprint density at radius 2 is 1.55 bits per heavy atom. The fraction of sp³-hybridized carbons (Fsp3) is 0.650. The molecule has 4 aliphatic carbocycles. The van der Waals surface area contributed by atoms with E-state index in [0.717, 1.165) is 23.3 Å². The van der Waals surface area contributed by atoms with E-state index in [1.165, 1.54) is 44.1 Å². The van der Waals surface area contributed by atoms with Crippen LogP contribution in [0.3, 0.4) is 0 Å². The van der Waals surface area contributed by atoms with Crippen LogP contribution >= 0.6 is 0 Å². The SMILES string of the molecule is Cc1ccc(C(=O)N[C@@H](C)C23CC4CC(CC(C4)C2)C3)cc1. The van der Waals surface area contributed by atoms with Crippen molar-refractivity contribution in [2.24, 2.45) is 23.2 Å². The minimum Gasteiger partial charge on any atom is -0.349 e. The molecule has 22 heavy (non-hydrogen) atoms. The van der Waals surface area contributed by atoms with Gasteiger partial charge in [0.25, 0.3) is 5.91 Å². The van der Waals surface area contributed by atoms with Crippen LogP contribution in [0.15, 0.2) is 24.3 Å². The van der Waals surface area contributed by atoms with Crippen LogP contribution < -0.4 is 5.32 Å². The van der Waals surface area contributed by atoms with E-state index in [9.17, 15) is 4.79 Å². The first-order valence-corrected chi connectivity index (χ1v) is 8.92. The Labute approximate surface area is 133 Å². The zero-order valence-corrected chi connectivity index (χ0v) is 13.8. The first kappa shape index (κ1) is 14.3. The third-order valence-corrected chi connectivity index (χ3v) is 6.67. The molecule has 0 heterocycles. The second-order valence-electron chi connectivity index (χ2n) is 8.34. The quantitative estimate of drug-likeness (QED) is 0.884. The molecule has 4 aliphatic rings. The molecular weight excluding hydrogens is 270 g/mol. The van der Waals surface area contributed by atoms with Crippen molar-refractivity contribution in [1.82, 2.24) is 5.32 Å². The smallest absolute Gasteiger partial charge is 0.251 e. The van der Waals surface area contributed by atoms with Crippen LogP contribution in [0.5, 0.6) is 0 Å². The maximum atomic E-state index is 12.5. The van der Waals surface area contributed by atoms with Gasteiger partial charge in [0.2, 0.25) is 0 Å². The van der Waals surface area contributed by atoms with Gasteiger partial charge in [0.05, 0.1) is 0 Å². The van der Waals surface area contributed by atoms with Crippen LogP contribution in [-0.4, -0.2) is 11.9 Å². The van der Waals surface area contributed by atoms with Gasteiger partial charge in [-0.3, -0.25) is 4.79 Å². The summed E-state index contributed by atoms with van der Waals surface area (Å²) in [6.07, 6.45) is 8.39. The molecule has 1 atom stereocenters. The fourth-order valence-electron chi connectivity index (χ4n) is 5.85. The summed E-state index contributed by atoms with van der Waals surface area (Å²) in [7, 11) is 0. The molecule has 0 radical (unpaired) electrons. The highest BCUT2D eigenvalue weighted by atomic mass is 16.1. The average Bonchev–Trinajstić information content (AvgIpc) is 2.46. The summed E-state index contributed by atoms with van der Waals surface area (Å²) in [4.78, 5) is 12.5. The molecule has 0 spiro atoms. The number of aryl methyl sites for hydroxylation is 1. The molecule has 4 bridgehead atoms. The van der Waals surface area contributed by atoms with Gasteiger partial charge in [0, 0.05) is 11.6 Å². The highest BCUT2D eigenvalue weighted by Gasteiger charge is 2.53. The second kappa shape index (κ2) is 5.11. The monoisotopic (exact) mass is 297 g/mol. The van der Waals surface area contributed by atoms with Crippen LogP contribution in [0, 0.1) is 30.1 Å². The number of benzene rings is 1. The Kier molecular flexibility index (Phi) is 3.32. The lowest BCUT2D eigenvalue weighted by molar-refractivity contribution is -0.0688. The summed E-state index contributed by atoms with van der Waals surface area (Å²) >= 11 is 0. The van der Waals surface area contributed by atoms with Crippen molar-refractivity contribution >= 4 is 5.91 Å². The Bertz CT molecular complexity index is 539. The minimum absolute atomic E-state index is 0.100. The molecule has 1 aromatic rings. The second-order valence-corrected chi connectivity index (χ2v) is 8.34. The molecule has 0 aliphatic heterocycles. The van der Waals surface area contributed by atoms with Crippen molar-refractivity contribution in [3.05, 3.63) is 35.4 Å². The zero-order chi connectivity index (χ0) is 15.3. The molecule has 118 valence electrons. The predicted octanol–water partition coefficient (Wildman–Crippen LogP) is 4.33. The molecule has 1 amide bonds. The Morgan fingerprint density at radius 1 is 1.05 bits per heavy atom. The third-order valence-electron chi connectivity index (χ3n) is 6.67. The van der Waals surface area contributed by atoms with Gasteiger partial charge >= 0.3 is 0 Å². The van der Waals surface area contributed by atoms with Gasteiger partial charge in [-0.25, -0.2) is 0 Å². The van der Waals surface area contributed by atoms with E-state index in [4.69, 9.17) is 0 Å². The maximum absolute atomic E-state index is 12.5. The third kappa shape index (κ3) is 2.37. The minimum atomic E-state index is 0.100. The molecule has 2 nitrogen and oxygen atoms in total. The number of hydrogen-bond acceptors (Lipinski definition) is 1. The van der Waals surface area contributed by atoms with E-state index in [-0.39, 0.29) is 5.91 Å². The van der Waals surface area contributed by atoms with Crippen molar-refractivity contribution in [3.63, 3.8) is 0 Å². The zero-order valence-electron chi connectivity index (χ0n) is 13.8. The lowest BCUT2D eigenvalue weighted by Gasteiger charge is -2.59. The summed E-state index contributed by atoms with van der Waals surface area (Å²) in [5, 5.41) is 3.33. The van der Waals surface area contributed by atoms with Crippen LogP contribution in [0.2, 0.25) is 0 Å². The molecule has 0 unspecified atom stereocenters. The van der Waals surface area contributed by atoms with Gasteiger partial charge in [-0.1, -0.05) is 17.7 Å². The number of carbonyl (C=O) groups excluding carboxylic acids is 1. The molecule has 5 rings (SSSR count). The maximum Gasteiger partial charge on any atom is 0.251 e. The molecule has 2 heteroatoms. The van der Waals surface area contributed by atoms with Gasteiger partial charge in [-0.05, 0) is 87.7 Å². The standard InChI is InChI=1S/C20H27NO/c1-13-3-5-18(6-4-13)19(22)21-14(2)20-10-15-7-16(11-20)9-17(8-15)12-20/h3-6,14-17H,7-12H2,1-2H3,(H,21,22)/t14-,15?,16?,17?,20?/m0/s1. The average molecular weight is 297 g/mol. The largest absolute Gasteiger partial charge is 0.349 e. The summed E-state index contributed by atoms with van der Waals surface area (Å²) in [6.45, 7) is 4.30. The molecule has 4 fully saturated rings. The first-order valence-electron chi connectivity index (χ1n) is 8.92. The van der Waals surface area contributed by atoms with Crippen molar-refractivity contribution < 1.29 is 4.79 Å². The van der Waals surface area contributed by atoms with Gasteiger partial charge in [0.1, 0.15) is 0 Å². The molecular formula is C20H27NO. The van der Waals surface area contributed by atoms with E-state index in [2.05, 4.69) is 19.2 Å². The van der Waals surface area contributed by atoms with Crippen molar-refractivity contribution in [2.75, 3.05) is 0 Å². The number of hydrogen-bond donors (Lipinski definition) is 1. The summed E-state index contributed by atoms with van der Waals surface area (Å²) in [5.74, 6) is 2.91. The number of carbonyl (C=O) groups is 1. The van der Waals surface area contributed by atoms with E-state index >= 15 is 0 Å². The van der Waals surface area contributed by atoms with Gasteiger partial charge < -0.3 is 5.32 Å². The van der Waals surface area contributed by atoms with E-state index in [1.807, 2.05) is 24.3 Å². The molecule has 1 aromatic carbocycles. The lowest BCUT2D eigenvalue weighted by Crippen LogP contribution is -2.55. The van der Waals surface area contributed by atoms with Crippen molar-refractivity contribution in [2.45, 2.75) is 58.4 Å². The Morgan fingerprint density at radius 3 is 2.05 bits per heavy atom. The highest BCUT2D eigenvalue weighted by molar-refractivity contribution is 5.94. The summed E-state index contributed by atoms with van der Waals surface area (Å²) in [5.41, 5.74) is 2.38. The van der Waals surface area contributed by atoms with Crippen LogP contribution in [-0.2, 0) is 0 Å². The number of rotatable bonds is 3. The van der Waals surface area contributed by atoms with Crippen molar-refractivity contribution in [1.29, 1.82) is 0 Å². The topological polar surface area (TPSA) is 29.1 Å². The van der Waals surface area contributed by atoms with Crippen LogP contribution in [0.25, 0.3) is 0 Å². The first-order chi connectivity index (χ1) is 10.5. The fourth-order valence-corrected chi connectivity index (χ4v) is 5.85. The van der Waals surface area contributed by atoms with E-state index < -0.39 is 0 Å². The number of amides is 1. The number of nitrogens with one attached hydrogen (secondary N) is 1. The summed E-state index contributed by atoms with van der Waals surface area (Å²) in [6, 6.07) is 8.22. The molecule has 4 saturated carbocycles. The lowest BCUT2D eigenvalue weighted by atomic mass is 9.48. The Balaban J connectivity index is 1.49. The Hall–Kier alpha value is -1.31.